The molecule has 18 heavy (non-hydrogen) atoms. The van der Waals surface area contributed by atoms with Crippen LogP contribution < -0.4 is 5.32 Å². The highest BCUT2D eigenvalue weighted by Gasteiger charge is 2.51. The average molecular weight is 266 g/mol. The summed E-state index contributed by atoms with van der Waals surface area (Å²) in [4.78, 5) is 24.3. The Morgan fingerprint density at radius 3 is 2.83 bits per heavy atom. The molecular formula is C13H12ClNO3. The molecule has 1 unspecified atom stereocenters. The number of hydrogen-bond acceptors (Lipinski definition) is 4. The molecule has 0 aromatic heterocycles. The molecule has 1 aliphatic heterocycles. The van der Waals surface area contributed by atoms with Crippen LogP contribution in [0.25, 0.3) is 0 Å². The fourth-order valence-electron chi connectivity index (χ4n) is 2.07. The Morgan fingerprint density at radius 2 is 2.22 bits per heavy atom. The molecule has 1 atom stereocenters. The summed E-state index contributed by atoms with van der Waals surface area (Å²) in [7, 11) is 1.26. The van der Waals surface area contributed by atoms with Gasteiger partial charge in [0.25, 0.3) is 0 Å². The number of carbonyl (C=O) groups excluding carboxylic acids is 2. The van der Waals surface area contributed by atoms with Gasteiger partial charge in [-0.3, -0.25) is 4.79 Å². The molecule has 0 fully saturated rings. The van der Waals surface area contributed by atoms with Crippen molar-refractivity contribution in [1.82, 2.24) is 0 Å². The molecule has 0 aliphatic carbocycles. The first-order chi connectivity index (χ1) is 8.65. The number of rotatable bonds is 3. The molecule has 1 heterocycles. The molecule has 5 heteroatoms. The lowest BCUT2D eigenvalue weighted by Crippen LogP contribution is -2.49. The SMILES string of the molecule is COC(=O)C1(C/C=C/Cl)Nc2ccccc2C1=O. The topological polar surface area (TPSA) is 55.4 Å². The predicted octanol–water partition coefficient (Wildman–Crippen LogP) is 2.35. The maximum atomic E-state index is 12.4. The standard InChI is InChI=1S/C13H12ClNO3/c1-18-12(17)13(7-4-8-14)11(16)9-5-2-3-6-10(9)15-13/h2-6,8,15H,7H2,1H3/b8-4+. The minimum Gasteiger partial charge on any atom is -0.467 e. The van der Waals surface area contributed by atoms with Crippen LogP contribution >= 0.6 is 11.6 Å². The maximum absolute atomic E-state index is 12.4. The monoisotopic (exact) mass is 265 g/mol. The van der Waals surface area contributed by atoms with E-state index in [1.54, 1.807) is 30.3 Å². The number of hydrogen-bond donors (Lipinski definition) is 1. The molecule has 0 spiro atoms. The highest BCUT2D eigenvalue weighted by atomic mass is 35.5. The van der Waals surface area contributed by atoms with Crippen molar-refractivity contribution < 1.29 is 14.3 Å². The number of carbonyl (C=O) groups is 2. The quantitative estimate of drug-likeness (QED) is 0.673. The van der Waals surface area contributed by atoms with Crippen molar-refractivity contribution in [2.45, 2.75) is 12.0 Å². The lowest BCUT2D eigenvalue weighted by atomic mass is 9.90. The van der Waals surface area contributed by atoms with Gasteiger partial charge in [0.15, 0.2) is 0 Å². The van der Waals surface area contributed by atoms with Crippen LogP contribution in [0.2, 0.25) is 0 Å². The number of para-hydroxylation sites is 1. The van der Waals surface area contributed by atoms with Gasteiger partial charge in [0.05, 0.1) is 7.11 Å². The van der Waals surface area contributed by atoms with Gasteiger partial charge < -0.3 is 10.1 Å². The summed E-state index contributed by atoms with van der Waals surface area (Å²) in [5.74, 6) is -0.904. The summed E-state index contributed by atoms with van der Waals surface area (Å²) in [6.45, 7) is 0. The molecule has 1 aromatic carbocycles. The second-order valence-electron chi connectivity index (χ2n) is 3.96. The summed E-state index contributed by atoms with van der Waals surface area (Å²) in [6.07, 6.45) is 1.70. The van der Waals surface area contributed by atoms with Crippen molar-refractivity contribution in [2.75, 3.05) is 12.4 Å². The van der Waals surface area contributed by atoms with Crippen LogP contribution in [-0.4, -0.2) is 24.4 Å². The van der Waals surface area contributed by atoms with Gasteiger partial charge >= 0.3 is 5.97 Å². The van der Waals surface area contributed by atoms with Crippen molar-refractivity contribution in [3.63, 3.8) is 0 Å². The zero-order valence-corrected chi connectivity index (χ0v) is 10.5. The zero-order chi connectivity index (χ0) is 13.2. The third-order valence-corrected chi connectivity index (χ3v) is 3.13. The van der Waals surface area contributed by atoms with Crippen LogP contribution in [0.4, 0.5) is 5.69 Å². The van der Waals surface area contributed by atoms with E-state index >= 15 is 0 Å². The highest BCUT2D eigenvalue weighted by Crippen LogP contribution is 2.35. The lowest BCUT2D eigenvalue weighted by Gasteiger charge is -2.23. The molecule has 1 aliphatic rings. The van der Waals surface area contributed by atoms with Crippen molar-refractivity contribution in [1.29, 1.82) is 0 Å². The van der Waals surface area contributed by atoms with Crippen molar-refractivity contribution in [3.05, 3.63) is 41.4 Å². The zero-order valence-electron chi connectivity index (χ0n) is 9.77. The molecular weight excluding hydrogens is 254 g/mol. The fraction of sp³-hybridized carbons (Fsp3) is 0.231. The molecule has 0 radical (unpaired) electrons. The number of halogens is 1. The lowest BCUT2D eigenvalue weighted by molar-refractivity contribution is -0.143. The number of ether oxygens (including phenoxy) is 1. The van der Waals surface area contributed by atoms with E-state index in [2.05, 4.69) is 5.32 Å². The van der Waals surface area contributed by atoms with E-state index in [0.717, 1.165) is 0 Å². The molecule has 1 N–H and O–H groups in total. The van der Waals surface area contributed by atoms with E-state index in [0.29, 0.717) is 11.3 Å². The molecule has 2 rings (SSSR count). The second kappa shape index (κ2) is 4.82. The third-order valence-electron chi connectivity index (χ3n) is 2.95. The first kappa shape index (κ1) is 12.6. The molecule has 0 saturated heterocycles. The number of nitrogens with one attached hydrogen (secondary N) is 1. The smallest absolute Gasteiger partial charge is 0.340 e. The van der Waals surface area contributed by atoms with E-state index < -0.39 is 11.5 Å². The second-order valence-corrected chi connectivity index (χ2v) is 4.21. The minimum atomic E-state index is -1.40. The molecule has 94 valence electrons. The fourth-order valence-corrected chi connectivity index (χ4v) is 2.16. The van der Waals surface area contributed by atoms with E-state index in [1.807, 2.05) is 0 Å². The van der Waals surface area contributed by atoms with Crippen molar-refractivity contribution in [3.8, 4) is 0 Å². The van der Waals surface area contributed by atoms with E-state index in [-0.39, 0.29) is 12.2 Å². The van der Waals surface area contributed by atoms with Gasteiger partial charge in [-0.15, -0.1) is 0 Å². The Hall–Kier alpha value is -1.81. The van der Waals surface area contributed by atoms with Gasteiger partial charge in [-0.05, 0) is 12.1 Å². The average Bonchev–Trinajstić information content (AvgIpc) is 2.70. The summed E-state index contributed by atoms with van der Waals surface area (Å²) in [5, 5.41) is 2.95. The Morgan fingerprint density at radius 1 is 1.50 bits per heavy atom. The first-order valence-corrected chi connectivity index (χ1v) is 5.85. The minimum absolute atomic E-state index is 0.149. The Bertz CT molecular complexity index is 527. The Balaban J connectivity index is 2.46. The first-order valence-electron chi connectivity index (χ1n) is 5.41. The Kier molecular flexibility index (Phi) is 3.39. The van der Waals surface area contributed by atoms with Gasteiger partial charge in [0.2, 0.25) is 11.3 Å². The van der Waals surface area contributed by atoms with Crippen LogP contribution in [0.15, 0.2) is 35.9 Å². The van der Waals surface area contributed by atoms with Crippen LogP contribution in [0.1, 0.15) is 16.8 Å². The van der Waals surface area contributed by atoms with Crippen LogP contribution in [0, 0.1) is 0 Å². The summed E-state index contributed by atoms with van der Waals surface area (Å²) < 4.78 is 4.74. The highest BCUT2D eigenvalue weighted by molar-refractivity contribution is 6.26. The molecule has 0 bridgehead atoms. The predicted molar refractivity (Wildman–Crippen MR) is 68.8 cm³/mol. The van der Waals surface area contributed by atoms with Crippen molar-refractivity contribution >= 4 is 29.0 Å². The number of anilines is 1. The van der Waals surface area contributed by atoms with Gasteiger partial charge in [-0.2, -0.15) is 0 Å². The molecule has 0 saturated carbocycles. The third kappa shape index (κ3) is 1.78. The summed E-state index contributed by atoms with van der Waals surface area (Å²) >= 11 is 5.48. The van der Waals surface area contributed by atoms with Gasteiger partial charge in [-0.25, -0.2) is 4.79 Å². The van der Waals surface area contributed by atoms with Gasteiger partial charge in [-0.1, -0.05) is 29.8 Å². The number of benzene rings is 1. The van der Waals surface area contributed by atoms with E-state index in [9.17, 15) is 9.59 Å². The number of fused-ring (bicyclic) bond motifs is 1. The van der Waals surface area contributed by atoms with E-state index in [4.69, 9.17) is 16.3 Å². The van der Waals surface area contributed by atoms with Crippen LogP contribution in [0.5, 0.6) is 0 Å². The number of ketones is 1. The largest absolute Gasteiger partial charge is 0.467 e. The maximum Gasteiger partial charge on any atom is 0.340 e. The Labute approximate surface area is 110 Å². The van der Waals surface area contributed by atoms with Crippen molar-refractivity contribution in [2.24, 2.45) is 0 Å². The number of esters is 1. The van der Waals surface area contributed by atoms with Gasteiger partial charge in [0, 0.05) is 23.2 Å². The number of methoxy groups -OCH3 is 1. The molecule has 1 aromatic rings. The summed E-state index contributed by atoms with van der Waals surface area (Å²) in [6, 6.07) is 6.98. The van der Waals surface area contributed by atoms with Crippen LogP contribution in [0.3, 0.4) is 0 Å². The molecule has 0 amide bonds. The molecule has 4 nitrogen and oxygen atoms in total. The summed E-state index contributed by atoms with van der Waals surface area (Å²) in [5.41, 5.74) is 1.01. The normalized spacial score (nSPS) is 21.8. The van der Waals surface area contributed by atoms with E-state index in [1.165, 1.54) is 12.6 Å². The van der Waals surface area contributed by atoms with Gasteiger partial charge in [0.1, 0.15) is 0 Å². The van der Waals surface area contributed by atoms with Crippen LogP contribution in [-0.2, 0) is 9.53 Å². The number of Topliss-reactive ketones (excluding diaryl/α,β-unsaturated/α-hetero) is 1.